The van der Waals surface area contributed by atoms with Gasteiger partial charge in [-0.3, -0.25) is 0 Å². The molecule has 2 unspecified atom stereocenters. The Kier molecular flexibility index (Phi) is 4.65. The van der Waals surface area contributed by atoms with Gasteiger partial charge in [0.1, 0.15) is 6.10 Å². The molecule has 5 heteroatoms. The van der Waals surface area contributed by atoms with E-state index in [0.29, 0.717) is 18.3 Å². The summed E-state index contributed by atoms with van der Waals surface area (Å²) < 4.78 is 10.7. The minimum Gasteiger partial charge on any atom is -0.373 e. The first-order valence-electron chi connectivity index (χ1n) is 6.00. The number of nitrogens with two attached hydrogens (primary N) is 1. The summed E-state index contributed by atoms with van der Waals surface area (Å²) in [5.74, 6) is 1.34. The number of rotatable bonds is 5. The molecule has 0 bridgehead atoms. The first-order valence-corrected chi connectivity index (χ1v) is 6.00. The summed E-state index contributed by atoms with van der Waals surface area (Å²) in [4.78, 5) is 4.41. The molecule has 0 aliphatic heterocycles. The number of ether oxygens (including phenoxy) is 1. The van der Waals surface area contributed by atoms with E-state index < -0.39 is 0 Å². The summed E-state index contributed by atoms with van der Waals surface area (Å²) in [6.45, 7) is 8.82. The van der Waals surface area contributed by atoms with Crippen LogP contribution in [-0.4, -0.2) is 23.8 Å². The summed E-state index contributed by atoms with van der Waals surface area (Å²) in [7, 11) is 1.66. The highest BCUT2D eigenvalue weighted by atomic mass is 16.5. The average Bonchev–Trinajstić information content (AvgIpc) is 2.68. The van der Waals surface area contributed by atoms with Crippen molar-refractivity contribution in [1.29, 1.82) is 0 Å². The van der Waals surface area contributed by atoms with Gasteiger partial charge in [0.25, 0.3) is 0 Å². The largest absolute Gasteiger partial charge is 0.373 e. The summed E-state index contributed by atoms with van der Waals surface area (Å²) in [6, 6.07) is 0. The number of methoxy groups -OCH3 is 1. The first kappa shape index (κ1) is 14.1. The van der Waals surface area contributed by atoms with E-state index in [4.69, 9.17) is 15.0 Å². The second-order valence-corrected chi connectivity index (χ2v) is 5.31. The Morgan fingerprint density at radius 1 is 1.41 bits per heavy atom. The highest BCUT2D eigenvalue weighted by Crippen LogP contribution is 2.34. The summed E-state index contributed by atoms with van der Waals surface area (Å²) in [5, 5.41) is 4.00. The average molecular weight is 241 g/mol. The second kappa shape index (κ2) is 5.60. The van der Waals surface area contributed by atoms with E-state index in [2.05, 4.69) is 37.8 Å². The fourth-order valence-corrected chi connectivity index (χ4v) is 1.81. The summed E-state index contributed by atoms with van der Waals surface area (Å²) in [6.07, 6.45) is 0.723. The molecule has 0 spiro atoms. The van der Waals surface area contributed by atoms with Gasteiger partial charge >= 0.3 is 0 Å². The van der Waals surface area contributed by atoms with Gasteiger partial charge < -0.3 is 15.0 Å². The van der Waals surface area contributed by atoms with E-state index in [0.717, 1.165) is 6.42 Å². The van der Waals surface area contributed by atoms with Gasteiger partial charge in [-0.05, 0) is 11.8 Å². The molecular weight excluding hydrogens is 218 g/mol. The number of hydrogen-bond donors (Lipinski definition) is 1. The Bertz CT molecular complexity index is 340. The first-order chi connectivity index (χ1) is 7.93. The number of hydrogen-bond acceptors (Lipinski definition) is 5. The Labute approximate surface area is 103 Å². The summed E-state index contributed by atoms with van der Waals surface area (Å²) >= 11 is 0. The number of nitrogens with zero attached hydrogens (tertiary/aromatic N) is 2. The predicted octanol–water partition coefficient (Wildman–Crippen LogP) is 2.26. The molecule has 1 aromatic rings. The van der Waals surface area contributed by atoms with Crippen LogP contribution < -0.4 is 5.73 Å². The van der Waals surface area contributed by atoms with Crippen molar-refractivity contribution in [3.63, 3.8) is 0 Å². The third-order valence-electron chi connectivity index (χ3n) is 2.84. The van der Waals surface area contributed by atoms with Crippen LogP contribution in [0.15, 0.2) is 4.52 Å². The predicted molar refractivity (Wildman–Crippen MR) is 65.6 cm³/mol. The molecule has 0 radical (unpaired) electrons. The lowest BCUT2D eigenvalue weighted by atomic mass is 9.88. The molecule has 0 saturated carbocycles. The third-order valence-corrected chi connectivity index (χ3v) is 2.84. The fraction of sp³-hybridized carbons (Fsp3) is 0.833. The van der Waals surface area contributed by atoms with Gasteiger partial charge in [-0.15, -0.1) is 0 Å². The lowest BCUT2D eigenvalue weighted by molar-refractivity contribution is 0.00718. The SMILES string of the molecule is CCC(CN)c1nc(C(OC)C(C)(C)C)no1. The van der Waals surface area contributed by atoms with Crippen LogP contribution in [0.4, 0.5) is 0 Å². The Balaban J connectivity index is 2.93. The topological polar surface area (TPSA) is 74.2 Å². The molecule has 2 N–H and O–H groups in total. The lowest BCUT2D eigenvalue weighted by Crippen LogP contribution is -2.21. The zero-order chi connectivity index (χ0) is 13.1. The van der Waals surface area contributed by atoms with E-state index in [1.807, 2.05) is 0 Å². The fourth-order valence-electron chi connectivity index (χ4n) is 1.81. The van der Waals surface area contributed by atoms with Crippen molar-refractivity contribution < 1.29 is 9.26 Å². The summed E-state index contributed by atoms with van der Waals surface area (Å²) in [5.41, 5.74) is 5.59. The van der Waals surface area contributed by atoms with E-state index in [-0.39, 0.29) is 17.4 Å². The Hall–Kier alpha value is -0.940. The van der Waals surface area contributed by atoms with Crippen molar-refractivity contribution >= 4 is 0 Å². The number of aromatic nitrogens is 2. The smallest absolute Gasteiger partial charge is 0.231 e. The minimum absolute atomic E-state index is 0.0691. The van der Waals surface area contributed by atoms with Crippen molar-refractivity contribution in [1.82, 2.24) is 10.1 Å². The standard InChI is InChI=1S/C12H23N3O2/c1-6-8(7-13)11-14-10(15-17-11)9(16-5)12(2,3)4/h8-9H,6-7,13H2,1-5H3. The zero-order valence-electron chi connectivity index (χ0n) is 11.4. The van der Waals surface area contributed by atoms with Crippen LogP contribution in [-0.2, 0) is 4.74 Å². The third kappa shape index (κ3) is 3.26. The molecular formula is C12H23N3O2. The van der Waals surface area contributed by atoms with Gasteiger partial charge in [0.05, 0.1) is 5.92 Å². The van der Waals surface area contributed by atoms with E-state index in [9.17, 15) is 0 Å². The van der Waals surface area contributed by atoms with Crippen LogP contribution in [0.2, 0.25) is 0 Å². The Morgan fingerprint density at radius 2 is 2.06 bits per heavy atom. The molecule has 1 heterocycles. The highest BCUT2D eigenvalue weighted by Gasteiger charge is 2.31. The quantitative estimate of drug-likeness (QED) is 0.855. The molecule has 0 aliphatic carbocycles. The van der Waals surface area contributed by atoms with Crippen molar-refractivity contribution in [2.45, 2.75) is 46.1 Å². The van der Waals surface area contributed by atoms with E-state index in [1.165, 1.54) is 0 Å². The maximum absolute atomic E-state index is 5.66. The zero-order valence-corrected chi connectivity index (χ0v) is 11.4. The monoisotopic (exact) mass is 241 g/mol. The lowest BCUT2D eigenvalue weighted by Gasteiger charge is -2.26. The van der Waals surface area contributed by atoms with Crippen molar-refractivity contribution in [3.8, 4) is 0 Å². The van der Waals surface area contributed by atoms with Gasteiger partial charge in [-0.1, -0.05) is 32.9 Å². The second-order valence-electron chi connectivity index (χ2n) is 5.31. The van der Waals surface area contributed by atoms with Gasteiger partial charge in [-0.25, -0.2) is 0 Å². The Morgan fingerprint density at radius 3 is 2.47 bits per heavy atom. The van der Waals surface area contributed by atoms with Crippen LogP contribution in [0.3, 0.4) is 0 Å². The molecule has 0 aromatic carbocycles. The maximum Gasteiger partial charge on any atom is 0.231 e. The van der Waals surface area contributed by atoms with Gasteiger partial charge in [-0.2, -0.15) is 4.98 Å². The van der Waals surface area contributed by atoms with Gasteiger partial charge in [0, 0.05) is 13.7 Å². The molecule has 2 atom stereocenters. The highest BCUT2D eigenvalue weighted by molar-refractivity contribution is 5.00. The molecule has 0 aliphatic rings. The molecule has 0 amide bonds. The molecule has 17 heavy (non-hydrogen) atoms. The molecule has 0 fully saturated rings. The van der Waals surface area contributed by atoms with E-state index in [1.54, 1.807) is 7.11 Å². The molecule has 1 rings (SSSR count). The molecule has 0 saturated heterocycles. The van der Waals surface area contributed by atoms with Crippen LogP contribution >= 0.6 is 0 Å². The normalized spacial score (nSPS) is 15.9. The van der Waals surface area contributed by atoms with E-state index >= 15 is 0 Å². The molecule has 98 valence electrons. The van der Waals surface area contributed by atoms with Gasteiger partial charge in [0.15, 0.2) is 0 Å². The molecule has 5 nitrogen and oxygen atoms in total. The molecule has 1 aromatic heterocycles. The van der Waals surface area contributed by atoms with Crippen molar-refractivity contribution in [2.24, 2.45) is 11.1 Å². The minimum atomic E-state index is -0.171. The van der Waals surface area contributed by atoms with Crippen LogP contribution in [0.1, 0.15) is 57.9 Å². The van der Waals surface area contributed by atoms with Crippen molar-refractivity contribution in [3.05, 3.63) is 11.7 Å². The van der Waals surface area contributed by atoms with Crippen molar-refractivity contribution in [2.75, 3.05) is 13.7 Å². The van der Waals surface area contributed by atoms with Crippen LogP contribution in [0.5, 0.6) is 0 Å². The van der Waals surface area contributed by atoms with Gasteiger partial charge in [0.2, 0.25) is 11.7 Å². The maximum atomic E-state index is 5.66. The van der Waals surface area contributed by atoms with Crippen LogP contribution in [0.25, 0.3) is 0 Å². The van der Waals surface area contributed by atoms with Crippen LogP contribution in [0, 0.1) is 5.41 Å².